The van der Waals surface area contributed by atoms with Crippen LogP contribution in [0.15, 0.2) is 54.7 Å². The van der Waals surface area contributed by atoms with E-state index in [-0.39, 0.29) is 0 Å². The van der Waals surface area contributed by atoms with Crippen molar-refractivity contribution < 1.29 is 18.7 Å². The largest absolute Gasteiger partial charge is 0.467 e. The summed E-state index contributed by atoms with van der Waals surface area (Å²) in [6.07, 6.45) is 2.20. The van der Waals surface area contributed by atoms with Crippen LogP contribution in [0.2, 0.25) is 0 Å². The summed E-state index contributed by atoms with van der Waals surface area (Å²) in [5.41, 5.74) is 1.63. The maximum atomic E-state index is 13.5. The van der Waals surface area contributed by atoms with Crippen molar-refractivity contribution in [2.75, 3.05) is 7.11 Å². The van der Waals surface area contributed by atoms with Gasteiger partial charge < -0.3 is 9.30 Å². The molecule has 5 heteroatoms. The van der Waals surface area contributed by atoms with E-state index in [0.29, 0.717) is 22.8 Å². The van der Waals surface area contributed by atoms with E-state index in [1.54, 1.807) is 29.0 Å². The van der Waals surface area contributed by atoms with Crippen LogP contribution in [-0.4, -0.2) is 23.9 Å². The minimum Gasteiger partial charge on any atom is -0.467 e. The molecule has 3 rings (SSSR count). The highest BCUT2D eigenvalue weighted by atomic mass is 19.1. The molecule has 0 aliphatic rings. The SMILES string of the molecule is COC(=O)C(c1ccccc1)n1cc(C=O)c2cc(F)ccc21. The highest BCUT2D eigenvalue weighted by Gasteiger charge is 2.25. The molecule has 4 nitrogen and oxygen atoms in total. The number of hydrogen-bond donors (Lipinski definition) is 0. The molecule has 3 aromatic rings. The number of methoxy groups -OCH3 is 1. The minimum absolute atomic E-state index is 0.323. The van der Waals surface area contributed by atoms with Gasteiger partial charge in [0.15, 0.2) is 12.3 Å². The molecule has 1 aromatic heterocycles. The summed E-state index contributed by atoms with van der Waals surface area (Å²) in [6, 6.07) is 12.5. The van der Waals surface area contributed by atoms with Gasteiger partial charge >= 0.3 is 5.97 Å². The molecule has 0 fully saturated rings. The number of benzene rings is 2. The zero-order valence-electron chi connectivity index (χ0n) is 12.4. The molecule has 0 N–H and O–H groups in total. The molecule has 0 spiro atoms. The Morgan fingerprint density at radius 1 is 1.22 bits per heavy atom. The summed E-state index contributed by atoms with van der Waals surface area (Å²) in [5.74, 6) is -0.900. The number of hydrogen-bond acceptors (Lipinski definition) is 3. The van der Waals surface area contributed by atoms with Crippen molar-refractivity contribution >= 4 is 23.2 Å². The molecule has 0 saturated carbocycles. The molecule has 1 unspecified atom stereocenters. The number of carbonyl (C=O) groups is 2. The number of carbonyl (C=O) groups excluding carboxylic acids is 2. The Hall–Kier alpha value is -2.95. The van der Waals surface area contributed by atoms with Crippen LogP contribution in [0.25, 0.3) is 10.9 Å². The Morgan fingerprint density at radius 3 is 2.61 bits per heavy atom. The molecule has 0 bridgehead atoms. The van der Waals surface area contributed by atoms with Crippen LogP contribution < -0.4 is 0 Å². The second kappa shape index (κ2) is 6.04. The lowest BCUT2D eigenvalue weighted by Gasteiger charge is -2.18. The number of ether oxygens (including phenoxy) is 1. The van der Waals surface area contributed by atoms with Gasteiger partial charge in [0.05, 0.1) is 12.6 Å². The molecule has 0 radical (unpaired) electrons. The number of nitrogens with zero attached hydrogens (tertiary/aromatic N) is 1. The van der Waals surface area contributed by atoms with Gasteiger partial charge in [-0.05, 0) is 23.8 Å². The fourth-order valence-electron chi connectivity index (χ4n) is 2.72. The number of aromatic nitrogens is 1. The van der Waals surface area contributed by atoms with Gasteiger partial charge in [-0.2, -0.15) is 0 Å². The lowest BCUT2D eigenvalue weighted by atomic mass is 10.1. The lowest BCUT2D eigenvalue weighted by molar-refractivity contribution is -0.143. The van der Waals surface area contributed by atoms with E-state index in [1.165, 1.54) is 19.2 Å². The number of rotatable bonds is 4. The molecular formula is C18H14FNO3. The predicted octanol–water partition coefficient (Wildman–Crippen LogP) is 3.36. The summed E-state index contributed by atoms with van der Waals surface area (Å²) in [7, 11) is 1.31. The molecular weight excluding hydrogens is 297 g/mol. The zero-order chi connectivity index (χ0) is 16.4. The van der Waals surface area contributed by atoms with Crippen molar-refractivity contribution in [2.45, 2.75) is 6.04 Å². The average Bonchev–Trinajstić information content (AvgIpc) is 2.93. The maximum Gasteiger partial charge on any atom is 0.333 e. The molecule has 1 heterocycles. The first-order chi connectivity index (χ1) is 11.2. The van der Waals surface area contributed by atoms with Crippen LogP contribution in [-0.2, 0) is 9.53 Å². The van der Waals surface area contributed by atoms with Gasteiger partial charge in [0.1, 0.15) is 5.82 Å². The van der Waals surface area contributed by atoms with E-state index in [0.717, 1.165) is 5.56 Å². The van der Waals surface area contributed by atoms with E-state index < -0.39 is 17.8 Å². The Morgan fingerprint density at radius 2 is 1.96 bits per heavy atom. The van der Waals surface area contributed by atoms with Crippen LogP contribution in [0.1, 0.15) is 22.0 Å². The molecule has 23 heavy (non-hydrogen) atoms. The van der Waals surface area contributed by atoms with Gasteiger partial charge in [-0.1, -0.05) is 30.3 Å². The van der Waals surface area contributed by atoms with Crippen molar-refractivity contribution in [3.63, 3.8) is 0 Å². The normalized spacial score (nSPS) is 12.1. The van der Waals surface area contributed by atoms with Crippen LogP contribution in [0, 0.1) is 5.82 Å². The van der Waals surface area contributed by atoms with Crippen molar-refractivity contribution in [2.24, 2.45) is 0 Å². The number of halogens is 1. The standard InChI is InChI=1S/C18H14FNO3/c1-23-18(22)17(12-5-3-2-4-6-12)20-10-13(11-21)15-9-14(19)7-8-16(15)20/h2-11,17H,1H3. The van der Waals surface area contributed by atoms with Gasteiger partial charge in [-0.3, -0.25) is 4.79 Å². The van der Waals surface area contributed by atoms with Gasteiger partial charge in [0.2, 0.25) is 0 Å². The van der Waals surface area contributed by atoms with Crippen LogP contribution in [0.3, 0.4) is 0 Å². The van der Waals surface area contributed by atoms with Gasteiger partial charge in [0.25, 0.3) is 0 Å². The molecule has 1 atom stereocenters. The van der Waals surface area contributed by atoms with Crippen molar-refractivity contribution in [1.29, 1.82) is 0 Å². The smallest absolute Gasteiger partial charge is 0.333 e. The number of aldehydes is 1. The predicted molar refractivity (Wildman–Crippen MR) is 83.9 cm³/mol. The topological polar surface area (TPSA) is 48.3 Å². The van der Waals surface area contributed by atoms with Crippen LogP contribution in [0.4, 0.5) is 4.39 Å². The highest BCUT2D eigenvalue weighted by Crippen LogP contribution is 2.29. The van der Waals surface area contributed by atoms with Crippen molar-refractivity contribution in [3.05, 3.63) is 71.7 Å². The fraction of sp³-hybridized carbons (Fsp3) is 0.111. The summed E-state index contributed by atoms with van der Waals surface area (Å²) < 4.78 is 20.0. The second-order valence-electron chi connectivity index (χ2n) is 5.11. The Balaban J connectivity index is 2.27. The van der Waals surface area contributed by atoms with E-state index in [1.807, 2.05) is 18.2 Å². The molecule has 0 amide bonds. The Bertz CT molecular complexity index is 871. The lowest BCUT2D eigenvalue weighted by Crippen LogP contribution is -2.21. The third-order valence-electron chi connectivity index (χ3n) is 3.77. The quantitative estimate of drug-likeness (QED) is 0.548. The van der Waals surface area contributed by atoms with Gasteiger partial charge in [-0.15, -0.1) is 0 Å². The molecule has 0 aliphatic heterocycles. The first kappa shape index (κ1) is 15.0. The van der Waals surface area contributed by atoms with Crippen molar-refractivity contribution in [1.82, 2.24) is 4.57 Å². The minimum atomic E-state index is -0.747. The van der Waals surface area contributed by atoms with Crippen LogP contribution >= 0.6 is 0 Å². The van der Waals surface area contributed by atoms with E-state index in [9.17, 15) is 14.0 Å². The van der Waals surface area contributed by atoms with Crippen molar-refractivity contribution in [3.8, 4) is 0 Å². The van der Waals surface area contributed by atoms with E-state index in [2.05, 4.69) is 0 Å². The van der Waals surface area contributed by atoms with E-state index >= 15 is 0 Å². The fourth-order valence-corrected chi connectivity index (χ4v) is 2.72. The third-order valence-corrected chi connectivity index (χ3v) is 3.77. The summed E-state index contributed by atoms with van der Waals surface area (Å²) in [5, 5.41) is 0.463. The first-order valence-corrected chi connectivity index (χ1v) is 7.03. The summed E-state index contributed by atoms with van der Waals surface area (Å²) in [4.78, 5) is 23.6. The molecule has 116 valence electrons. The molecule has 0 aliphatic carbocycles. The highest BCUT2D eigenvalue weighted by molar-refractivity contribution is 5.98. The summed E-state index contributed by atoms with van der Waals surface area (Å²) >= 11 is 0. The third kappa shape index (κ3) is 2.61. The second-order valence-corrected chi connectivity index (χ2v) is 5.11. The number of fused-ring (bicyclic) bond motifs is 1. The monoisotopic (exact) mass is 311 g/mol. The first-order valence-electron chi connectivity index (χ1n) is 7.03. The molecule has 2 aromatic carbocycles. The molecule has 0 saturated heterocycles. The maximum absolute atomic E-state index is 13.5. The van der Waals surface area contributed by atoms with Crippen LogP contribution in [0.5, 0.6) is 0 Å². The number of esters is 1. The van der Waals surface area contributed by atoms with Gasteiger partial charge in [0, 0.05) is 17.1 Å². The zero-order valence-corrected chi connectivity index (χ0v) is 12.4. The Labute approximate surface area is 132 Å². The van der Waals surface area contributed by atoms with E-state index in [4.69, 9.17) is 4.74 Å². The summed E-state index contributed by atoms with van der Waals surface area (Å²) in [6.45, 7) is 0. The van der Waals surface area contributed by atoms with Gasteiger partial charge in [-0.25, -0.2) is 9.18 Å². The Kier molecular flexibility index (Phi) is 3.93. The average molecular weight is 311 g/mol.